The van der Waals surface area contributed by atoms with E-state index in [9.17, 15) is 39.9 Å². The molecular formula is C27H22F8N6O2Sn. The summed E-state index contributed by atoms with van der Waals surface area (Å²) >= 11 is -3.02. The van der Waals surface area contributed by atoms with Crippen LogP contribution in [-0.4, -0.2) is 55.2 Å². The van der Waals surface area contributed by atoms with E-state index >= 15 is 0 Å². The number of rotatable bonds is 3. The van der Waals surface area contributed by atoms with Gasteiger partial charge in [0, 0.05) is 18.0 Å². The number of halogens is 8. The summed E-state index contributed by atoms with van der Waals surface area (Å²) in [5.41, 5.74) is -3.85. The Hall–Kier alpha value is -3.96. The molecule has 0 saturated heterocycles. The summed E-state index contributed by atoms with van der Waals surface area (Å²) in [6, 6.07) is 4.62. The Morgan fingerprint density at radius 3 is 1.73 bits per heavy atom. The van der Waals surface area contributed by atoms with E-state index in [0.29, 0.717) is 5.39 Å². The standard InChI is InChI=1S/C15H10F4N4O2.C9H3F4N2.3CH3.Sn/c1-23-14(24)11(25-2)10(6-21-23)9-4-7-3-8(16)5-20-13(7)22-12(9)15(17,18)19;10-6-3-5-1-2-7(9(11,12)13)15-8(5)14-4-6;;;;/h3-6H,1-2H3;1,3-4H;3*1H3;. The van der Waals surface area contributed by atoms with Crippen LogP contribution in [0.2, 0.25) is 14.8 Å². The second kappa shape index (κ2) is 11.9. The molecule has 5 aromatic rings. The first-order valence-electron chi connectivity index (χ1n) is 12.5. The van der Waals surface area contributed by atoms with E-state index in [0.717, 1.165) is 48.6 Å². The van der Waals surface area contributed by atoms with Gasteiger partial charge in [-0.15, -0.1) is 0 Å². The van der Waals surface area contributed by atoms with Crippen LogP contribution in [0.1, 0.15) is 11.4 Å². The summed E-state index contributed by atoms with van der Waals surface area (Å²) in [5.74, 6) is -1.63. The van der Waals surface area contributed by atoms with Crippen molar-refractivity contribution in [2.45, 2.75) is 27.2 Å². The molecular weight excluding hydrogens is 711 g/mol. The minimum atomic E-state index is -4.83. The molecule has 0 N–H and O–H groups in total. The summed E-state index contributed by atoms with van der Waals surface area (Å²) in [7, 11) is 2.49. The maximum atomic E-state index is 13.4. The van der Waals surface area contributed by atoms with Crippen LogP contribution in [-0.2, 0) is 19.4 Å². The van der Waals surface area contributed by atoms with Gasteiger partial charge in [-0.25, -0.2) is 19.0 Å². The van der Waals surface area contributed by atoms with Crippen LogP contribution in [0, 0.1) is 11.6 Å². The molecule has 0 unspecified atom stereocenters. The van der Waals surface area contributed by atoms with Crippen molar-refractivity contribution in [2.75, 3.05) is 7.11 Å². The van der Waals surface area contributed by atoms with Gasteiger partial charge in [0.25, 0.3) is 0 Å². The van der Waals surface area contributed by atoms with E-state index in [2.05, 4.69) is 25.0 Å². The number of nitrogens with zero attached hydrogens (tertiary/aromatic N) is 6. The summed E-state index contributed by atoms with van der Waals surface area (Å²) in [6.45, 7) is 0. The monoisotopic (exact) mass is 734 g/mol. The first-order valence-corrected chi connectivity index (χ1v) is 22.5. The number of hydrogen-bond acceptors (Lipinski definition) is 7. The molecule has 8 nitrogen and oxygen atoms in total. The van der Waals surface area contributed by atoms with Crippen molar-refractivity contribution in [3.8, 4) is 16.9 Å². The SMILES string of the molecule is COc1c(-c2cc3cc(F)cnc3nc2C(F)(F)F)cnn(C)c1=O.[CH3][Sn]([CH3])([CH3])[c]1cc2cc(F)cnc2nc1C(F)(F)F. The quantitative estimate of drug-likeness (QED) is 0.169. The number of fused-ring (bicyclic) bond motifs is 2. The molecule has 0 aliphatic heterocycles. The third-order valence-electron chi connectivity index (χ3n) is 6.20. The van der Waals surface area contributed by atoms with Gasteiger partial charge in [0.1, 0.15) is 5.82 Å². The minimum absolute atomic E-state index is 0.0470. The number of aryl methyl sites for hydroxylation is 1. The van der Waals surface area contributed by atoms with Crippen molar-refractivity contribution in [2.24, 2.45) is 7.05 Å². The van der Waals surface area contributed by atoms with E-state index < -0.39 is 64.9 Å². The van der Waals surface area contributed by atoms with Crippen LogP contribution >= 0.6 is 0 Å². The van der Waals surface area contributed by atoms with Crippen molar-refractivity contribution >= 4 is 44.0 Å². The van der Waals surface area contributed by atoms with Gasteiger partial charge in [0.15, 0.2) is 17.1 Å². The number of aromatic nitrogens is 6. The predicted molar refractivity (Wildman–Crippen MR) is 147 cm³/mol. The van der Waals surface area contributed by atoms with Gasteiger partial charge in [0.2, 0.25) is 0 Å². The molecule has 0 spiro atoms. The Morgan fingerprint density at radius 2 is 1.25 bits per heavy atom. The Balaban J connectivity index is 0.000000209. The van der Waals surface area contributed by atoms with E-state index in [-0.39, 0.29) is 31.6 Å². The number of pyridine rings is 4. The Kier molecular flexibility index (Phi) is 8.87. The van der Waals surface area contributed by atoms with Gasteiger partial charge in [-0.2, -0.15) is 18.3 Å². The Bertz CT molecular complexity index is 1940. The average molecular weight is 733 g/mol. The molecule has 0 aromatic carbocycles. The van der Waals surface area contributed by atoms with Crippen molar-refractivity contribution in [3.63, 3.8) is 0 Å². The van der Waals surface area contributed by atoms with Crippen LogP contribution < -0.4 is 13.9 Å². The van der Waals surface area contributed by atoms with Crippen molar-refractivity contribution < 1.29 is 39.9 Å². The van der Waals surface area contributed by atoms with Crippen LogP contribution in [0.5, 0.6) is 5.75 Å². The van der Waals surface area contributed by atoms with E-state index in [1.54, 1.807) is 0 Å². The molecule has 0 radical (unpaired) electrons. The molecule has 17 heteroatoms. The molecule has 44 heavy (non-hydrogen) atoms. The molecule has 0 fully saturated rings. The normalized spacial score (nSPS) is 12.3. The molecule has 0 aliphatic rings. The number of hydrogen-bond donors (Lipinski definition) is 0. The fourth-order valence-electron chi connectivity index (χ4n) is 4.19. The van der Waals surface area contributed by atoms with Gasteiger partial charge in [-0.3, -0.25) is 4.79 Å². The van der Waals surface area contributed by atoms with Gasteiger partial charge in [-0.05, 0) is 12.1 Å². The topological polar surface area (TPSA) is 95.7 Å². The zero-order chi connectivity index (χ0) is 32.8. The fourth-order valence-corrected chi connectivity index (χ4v) is 8.46. The molecule has 5 rings (SSSR count). The molecule has 0 amide bonds. The molecule has 232 valence electrons. The second-order valence-corrected chi connectivity index (χ2v) is 24.8. The van der Waals surface area contributed by atoms with Crippen LogP contribution in [0.25, 0.3) is 33.2 Å². The molecule has 0 aliphatic carbocycles. The maximum absolute atomic E-state index is 13.4. The van der Waals surface area contributed by atoms with E-state index in [1.165, 1.54) is 13.1 Å². The number of methoxy groups -OCH3 is 1. The van der Waals surface area contributed by atoms with Gasteiger partial charge < -0.3 is 4.74 Å². The van der Waals surface area contributed by atoms with Crippen molar-refractivity contribution in [3.05, 3.63) is 76.2 Å². The third-order valence-corrected chi connectivity index (χ3v) is 11.9. The first-order chi connectivity index (χ1) is 20.3. The Labute approximate surface area is 247 Å². The summed E-state index contributed by atoms with van der Waals surface area (Å²) in [5, 5.41) is 4.09. The second-order valence-electron chi connectivity index (χ2n) is 10.4. The summed E-state index contributed by atoms with van der Waals surface area (Å²) in [4.78, 5) is 31.9. The molecule has 0 atom stereocenters. The molecule has 0 saturated carbocycles. The average Bonchev–Trinajstić information content (AvgIpc) is 2.91. The zero-order valence-electron chi connectivity index (χ0n) is 23.6. The van der Waals surface area contributed by atoms with Crippen LogP contribution in [0.15, 0.2) is 47.7 Å². The first kappa shape index (κ1) is 32.9. The molecule has 5 heterocycles. The van der Waals surface area contributed by atoms with Crippen LogP contribution in [0.3, 0.4) is 0 Å². The summed E-state index contributed by atoms with van der Waals surface area (Å²) in [6.07, 6.45) is -6.63. The van der Waals surface area contributed by atoms with Crippen molar-refractivity contribution in [1.82, 2.24) is 29.7 Å². The van der Waals surface area contributed by atoms with Gasteiger partial charge >= 0.3 is 123 Å². The number of ether oxygens (including phenoxy) is 1. The number of alkyl halides is 6. The fraction of sp³-hybridized carbons (Fsp3) is 0.259. The van der Waals surface area contributed by atoms with E-state index in [4.69, 9.17) is 4.74 Å². The molecule has 5 aromatic heterocycles. The molecule has 0 bridgehead atoms. The van der Waals surface area contributed by atoms with E-state index in [1.807, 2.05) is 14.8 Å². The zero-order valence-corrected chi connectivity index (χ0v) is 26.4. The van der Waals surface area contributed by atoms with Crippen molar-refractivity contribution in [1.29, 1.82) is 0 Å². The summed E-state index contributed by atoms with van der Waals surface area (Å²) < 4.78 is 112. The van der Waals surface area contributed by atoms with Gasteiger partial charge in [-0.1, -0.05) is 0 Å². The van der Waals surface area contributed by atoms with Gasteiger partial charge in [0.05, 0.1) is 25.1 Å². The predicted octanol–water partition coefficient (Wildman–Crippen LogP) is 5.89. The Morgan fingerprint density at radius 1 is 0.750 bits per heavy atom. The third kappa shape index (κ3) is 6.89. The van der Waals surface area contributed by atoms with Crippen LogP contribution in [0.4, 0.5) is 35.1 Å².